The van der Waals surface area contributed by atoms with Gasteiger partial charge in [-0.3, -0.25) is 9.89 Å². The van der Waals surface area contributed by atoms with Crippen LogP contribution >= 0.6 is 23.2 Å². The summed E-state index contributed by atoms with van der Waals surface area (Å²) in [5.74, 6) is -0.325. The lowest BCUT2D eigenvalue weighted by molar-refractivity contribution is 0.102. The van der Waals surface area contributed by atoms with Crippen molar-refractivity contribution in [2.75, 3.05) is 5.32 Å². The highest BCUT2D eigenvalue weighted by Gasteiger charge is 2.11. The van der Waals surface area contributed by atoms with Crippen LogP contribution in [0.5, 0.6) is 0 Å². The zero-order valence-electron chi connectivity index (χ0n) is 8.00. The summed E-state index contributed by atoms with van der Waals surface area (Å²) >= 11 is 11.7. The molecule has 0 aliphatic rings. The predicted molar refractivity (Wildman–Crippen MR) is 63.0 cm³/mol. The minimum absolute atomic E-state index is 0.325. The minimum atomic E-state index is -0.325. The summed E-state index contributed by atoms with van der Waals surface area (Å²) in [6, 6.07) is 4.71. The molecule has 0 radical (unpaired) electrons. The van der Waals surface area contributed by atoms with Crippen LogP contribution in [-0.2, 0) is 0 Å². The van der Waals surface area contributed by atoms with Crippen molar-refractivity contribution < 1.29 is 4.79 Å². The van der Waals surface area contributed by atoms with Crippen LogP contribution < -0.4 is 5.32 Å². The van der Waals surface area contributed by atoms with E-state index in [0.29, 0.717) is 21.3 Å². The van der Waals surface area contributed by atoms with Gasteiger partial charge in [-0.05, 0) is 18.2 Å². The Morgan fingerprint density at radius 2 is 2.19 bits per heavy atom. The molecule has 2 N–H and O–H groups in total. The van der Waals surface area contributed by atoms with Crippen LogP contribution in [0, 0.1) is 0 Å². The van der Waals surface area contributed by atoms with Gasteiger partial charge in [-0.25, -0.2) is 0 Å². The molecule has 2 rings (SSSR count). The molecule has 0 atom stereocenters. The number of H-pyrrole nitrogens is 1. The Morgan fingerprint density at radius 3 is 2.88 bits per heavy atom. The van der Waals surface area contributed by atoms with Gasteiger partial charge in [0.05, 0.1) is 22.5 Å². The molecule has 4 nitrogen and oxygen atoms in total. The van der Waals surface area contributed by atoms with Crippen LogP contribution in [-0.4, -0.2) is 16.1 Å². The van der Waals surface area contributed by atoms with Gasteiger partial charge in [-0.2, -0.15) is 5.10 Å². The third kappa shape index (κ3) is 2.35. The molecule has 0 aliphatic carbocycles. The zero-order valence-corrected chi connectivity index (χ0v) is 9.51. The van der Waals surface area contributed by atoms with Gasteiger partial charge in [0.1, 0.15) is 0 Å². The lowest BCUT2D eigenvalue weighted by Gasteiger charge is -2.04. The highest BCUT2D eigenvalue weighted by Crippen LogP contribution is 2.21. The maximum Gasteiger partial charge on any atom is 0.257 e. The molecule has 0 saturated carbocycles. The Kier molecular flexibility index (Phi) is 3.12. The molecular formula is C10H7Cl2N3O. The van der Waals surface area contributed by atoms with Crippen molar-refractivity contribution in [3.05, 3.63) is 46.2 Å². The van der Waals surface area contributed by atoms with E-state index < -0.39 is 0 Å². The summed E-state index contributed by atoms with van der Waals surface area (Å²) in [6.07, 6.45) is 3.06. The van der Waals surface area contributed by atoms with Crippen molar-refractivity contribution in [1.82, 2.24) is 10.2 Å². The van der Waals surface area contributed by atoms with Crippen molar-refractivity contribution in [1.29, 1.82) is 0 Å². The lowest BCUT2D eigenvalue weighted by Crippen LogP contribution is -2.11. The molecule has 16 heavy (non-hydrogen) atoms. The molecule has 1 amide bonds. The van der Waals surface area contributed by atoms with Crippen molar-refractivity contribution in [2.24, 2.45) is 0 Å². The number of rotatable bonds is 2. The van der Waals surface area contributed by atoms with E-state index in [2.05, 4.69) is 15.5 Å². The highest BCUT2D eigenvalue weighted by atomic mass is 35.5. The number of carbonyl (C=O) groups is 1. The van der Waals surface area contributed by atoms with Gasteiger partial charge in [0.15, 0.2) is 0 Å². The SMILES string of the molecule is O=C(Nc1cn[nH]c1)c1cc(Cl)ccc1Cl. The van der Waals surface area contributed by atoms with E-state index in [1.165, 1.54) is 12.3 Å². The second-order valence-electron chi connectivity index (χ2n) is 3.07. The van der Waals surface area contributed by atoms with Crippen LogP contribution in [0.4, 0.5) is 5.69 Å². The van der Waals surface area contributed by atoms with Crippen LogP contribution in [0.2, 0.25) is 10.0 Å². The third-order valence-electron chi connectivity index (χ3n) is 1.93. The molecule has 1 aromatic heterocycles. The van der Waals surface area contributed by atoms with E-state index in [1.54, 1.807) is 18.3 Å². The zero-order chi connectivity index (χ0) is 11.5. The number of carbonyl (C=O) groups excluding carboxylic acids is 1. The van der Waals surface area contributed by atoms with E-state index >= 15 is 0 Å². The van der Waals surface area contributed by atoms with E-state index in [4.69, 9.17) is 23.2 Å². The Bertz CT molecular complexity index is 511. The summed E-state index contributed by atoms with van der Waals surface area (Å²) in [4.78, 5) is 11.8. The fourth-order valence-electron chi connectivity index (χ4n) is 1.19. The Balaban J connectivity index is 2.24. The van der Waals surface area contributed by atoms with Crippen LogP contribution in [0.1, 0.15) is 10.4 Å². The van der Waals surface area contributed by atoms with Crippen molar-refractivity contribution in [3.63, 3.8) is 0 Å². The van der Waals surface area contributed by atoms with Gasteiger partial charge in [0.2, 0.25) is 0 Å². The van der Waals surface area contributed by atoms with E-state index in [1.807, 2.05) is 0 Å². The van der Waals surface area contributed by atoms with E-state index in [0.717, 1.165) is 0 Å². The number of hydrogen-bond acceptors (Lipinski definition) is 2. The summed E-state index contributed by atoms with van der Waals surface area (Å²) in [5, 5.41) is 9.74. The smallest absolute Gasteiger partial charge is 0.257 e. The summed E-state index contributed by atoms with van der Waals surface area (Å²) in [7, 11) is 0. The average Bonchev–Trinajstić information content (AvgIpc) is 2.74. The van der Waals surface area contributed by atoms with Gasteiger partial charge < -0.3 is 5.32 Å². The normalized spacial score (nSPS) is 10.1. The van der Waals surface area contributed by atoms with Crippen molar-refractivity contribution >= 4 is 34.8 Å². The summed E-state index contributed by atoms with van der Waals surface area (Å²) in [6.45, 7) is 0. The van der Waals surface area contributed by atoms with Crippen LogP contribution in [0.3, 0.4) is 0 Å². The standard InChI is InChI=1S/C10H7Cl2N3O/c11-6-1-2-9(12)8(3-6)10(16)15-7-4-13-14-5-7/h1-5H,(H,13,14)(H,15,16). The number of nitrogens with one attached hydrogen (secondary N) is 2. The first kappa shape index (κ1) is 11.0. The van der Waals surface area contributed by atoms with Gasteiger partial charge in [-0.1, -0.05) is 23.2 Å². The molecule has 0 saturated heterocycles. The second kappa shape index (κ2) is 4.55. The number of amides is 1. The Labute approximate surface area is 102 Å². The number of anilines is 1. The van der Waals surface area contributed by atoms with Gasteiger partial charge in [-0.15, -0.1) is 0 Å². The molecule has 0 bridgehead atoms. The maximum atomic E-state index is 11.8. The second-order valence-corrected chi connectivity index (χ2v) is 3.91. The number of aromatic amines is 1. The van der Waals surface area contributed by atoms with Gasteiger partial charge in [0.25, 0.3) is 5.91 Å². The molecule has 0 aliphatic heterocycles. The number of benzene rings is 1. The minimum Gasteiger partial charge on any atom is -0.319 e. The maximum absolute atomic E-state index is 11.8. The van der Waals surface area contributed by atoms with E-state index in [-0.39, 0.29) is 5.91 Å². The van der Waals surface area contributed by atoms with Crippen molar-refractivity contribution in [2.45, 2.75) is 0 Å². The summed E-state index contributed by atoms with van der Waals surface area (Å²) < 4.78 is 0. The van der Waals surface area contributed by atoms with Gasteiger partial charge >= 0.3 is 0 Å². The molecule has 82 valence electrons. The van der Waals surface area contributed by atoms with Crippen LogP contribution in [0.15, 0.2) is 30.6 Å². The first-order valence-electron chi connectivity index (χ1n) is 4.42. The molecule has 6 heteroatoms. The molecule has 0 spiro atoms. The van der Waals surface area contributed by atoms with Crippen LogP contribution in [0.25, 0.3) is 0 Å². The molecular weight excluding hydrogens is 249 g/mol. The number of hydrogen-bond donors (Lipinski definition) is 2. The molecule has 1 heterocycles. The largest absolute Gasteiger partial charge is 0.319 e. The average molecular weight is 256 g/mol. The fraction of sp³-hybridized carbons (Fsp3) is 0. The summed E-state index contributed by atoms with van der Waals surface area (Å²) in [5.41, 5.74) is 0.899. The molecule has 2 aromatic rings. The number of halogens is 2. The first-order chi connectivity index (χ1) is 7.66. The molecule has 1 aromatic carbocycles. The number of nitrogens with zero attached hydrogens (tertiary/aromatic N) is 1. The Hall–Kier alpha value is -1.52. The lowest BCUT2D eigenvalue weighted by atomic mass is 10.2. The molecule has 0 unspecified atom stereocenters. The van der Waals surface area contributed by atoms with E-state index in [9.17, 15) is 4.79 Å². The third-order valence-corrected chi connectivity index (χ3v) is 2.49. The quantitative estimate of drug-likeness (QED) is 0.867. The molecule has 0 fully saturated rings. The fourth-order valence-corrected chi connectivity index (χ4v) is 1.56. The topological polar surface area (TPSA) is 57.8 Å². The highest BCUT2D eigenvalue weighted by molar-refractivity contribution is 6.36. The van der Waals surface area contributed by atoms with Gasteiger partial charge in [0, 0.05) is 11.2 Å². The Morgan fingerprint density at radius 1 is 1.38 bits per heavy atom. The first-order valence-corrected chi connectivity index (χ1v) is 5.17. The monoisotopic (exact) mass is 255 g/mol. The van der Waals surface area contributed by atoms with Crippen molar-refractivity contribution in [3.8, 4) is 0 Å². The number of aromatic nitrogens is 2. The predicted octanol–water partition coefficient (Wildman–Crippen LogP) is 2.97.